The van der Waals surface area contributed by atoms with Crippen LogP contribution in [0.25, 0.3) is 0 Å². The molecule has 1 aromatic carbocycles. The Morgan fingerprint density at radius 2 is 2.21 bits per heavy atom. The fraction of sp³-hybridized carbons (Fsp3) is 0.400. The van der Waals surface area contributed by atoms with Crippen LogP contribution in [0.1, 0.15) is 42.5 Å². The largest absolute Gasteiger partial charge is 0.508 e. The number of rotatable bonds is 4. The van der Waals surface area contributed by atoms with Crippen LogP contribution in [0, 0.1) is 0 Å². The number of benzene rings is 1. The van der Waals surface area contributed by atoms with Gasteiger partial charge in [0.05, 0.1) is 10.6 Å². The molecular formula is C15H18ClNO2. The molecule has 1 aromatic rings. The van der Waals surface area contributed by atoms with E-state index in [-0.39, 0.29) is 11.7 Å². The van der Waals surface area contributed by atoms with Crippen molar-refractivity contribution in [2.24, 2.45) is 0 Å². The molecule has 0 fully saturated rings. The van der Waals surface area contributed by atoms with Gasteiger partial charge in [-0.2, -0.15) is 0 Å². The predicted molar refractivity (Wildman–Crippen MR) is 76.6 cm³/mol. The first-order valence-electron chi connectivity index (χ1n) is 6.61. The van der Waals surface area contributed by atoms with Crippen LogP contribution < -0.4 is 5.32 Å². The van der Waals surface area contributed by atoms with Gasteiger partial charge in [0.1, 0.15) is 5.75 Å². The van der Waals surface area contributed by atoms with E-state index in [0.29, 0.717) is 17.1 Å². The number of phenols is 1. The molecule has 2 rings (SSSR count). The van der Waals surface area contributed by atoms with E-state index >= 15 is 0 Å². The standard InChI is InChI=1S/C15H18ClNO2/c16-14-7-6-12(18)10-13(14)15(19)17-9-8-11-4-2-1-3-5-11/h4,6-7,10,18H,1-3,5,8-9H2,(H,17,19). The van der Waals surface area contributed by atoms with Crippen molar-refractivity contribution in [2.75, 3.05) is 6.54 Å². The summed E-state index contributed by atoms with van der Waals surface area (Å²) in [6, 6.07) is 4.37. The van der Waals surface area contributed by atoms with E-state index in [4.69, 9.17) is 11.6 Å². The lowest BCUT2D eigenvalue weighted by molar-refractivity contribution is 0.0954. The third-order valence-corrected chi connectivity index (χ3v) is 3.64. The van der Waals surface area contributed by atoms with Crippen LogP contribution >= 0.6 is 11.6 Å². The summed E-state index contributed by atoms with van der Waals surface area (Å²) in [6.45, 7) is 0.608. The van der Waals surface area contributed by atoms with Crippen molar-refractivity contribution in [1.29, 1.82) is 0 Å². The summed E-state index contributed by atoms with van der Waals surface area (Å²) in [5.41, 5.74) is 1.74. The van der Waals surface area contributed by atoms with Crippen molar-refractivity contribution in [1.82, 2.24) is 5.32 Å². The van der Waals surface area contributed by atoms with E-state index in [2.05, 4.69) is 11.4 Å². The summed E-state index contributed by atoms with van der Waals surface area (Å²) in [6.07, 6.45) is 7.98. The fourth-order valence-electron chi connectivity index (χ4n) is 2.25. The zero-order valence-corrected chi connectivity index (χ0v) is 11.5. The molecule has 19 heavy (non-hydrogen) atoms. The highest BCUT2D eigenvalue weighted by atomic mass is 35.5. The van der Waals surface area contributed by atoms with Gasteiger partial charge in [0.25, 0.3) is 5.91 Å². The van der Waals surface area contributed by atoms with Gasteiger partial charge in [-0.25, -0.2) is 0 Å². The Morgan fingerprint density at radius 3 is 2.95 bits per heavy atom. The number of allylic oxidation sites excluding steroid dienone is 1. The van der Waals surface area contributed by atoms with Gasteiger partial charge in [-0.3, -0.25) is 4.79 Å². The second-order valence-corrected chi connectivity index (χ2v) is 5.19. The Labute approximate surface area is 118 Å². The number of amides is 1. The lowest BCUT2D eigenvalue weighted by Gasteiger charge is -2.13. The van der Waals surface area contributed by atoms with Crippen LogP contribution in [-0.2, 0) is 0 Å². The van der Waals surface area contributed by atoms with Crippen molar-refractivity contribution >= 4 is 17.5 Å². The summed E-state index contributed by atoms with van der Waals surface area (Å²) >= 11 is 5.94. The first-order valence-corrected chi connectivity index (χ1v) is 6.99. The molecule has 0 radical (unpaired) electrons. The fourth-order valence-corrected chi connectivity index (χ4v) is 2.45. The van der Waals surface area contributed by atoms with Crippen LogP contribution in [0.15, 0.2) is 29.8 Å². The summed E-state index contributed by atoms with van der Waals surface area (Å²) in [4.78, 5) is 11.9. The van der Waals surface area contributed by atoms with E-state index < -0.39 is 0 Å². The molecule has 2 N–H and O–H groups in total. The molecule has 0 unspecified atom stereocenters. The Hall–Kier alpha value is -1.48. The first kappa shape index (κ1) is 13.9. The second kappa shape index (κ2) is 6.62. The van der Waals surface area contributed by atoms with Gasteiger partial charge in [0.15, 0.2) is 0 Å². The smallest absolute Gasteiger partial charge is 0.252 e. The molecule has 4 heteroatoms. The van der Waals surface area contributed by atoms with Crippen LogP contribution in [-0.4, -0.2) is 17.6 Å². The van der Waals surface area contributed by atoms with Crippen molar-refractivity contribution in [3.8, 4) is 5.75 Å². The first-order chi connectivity index (χ1) is 9.16. The van der Waals surface area contributed by atoms with E-state index in [1.807, 2.05) is 0 Å². The molecule has 0 saturated carbocycles. The van der Waals surface area contributed by atoms with E-state index in [9.17, 15) is 9.90 Å². The number of carbonyl (C=O) groups is 1. The average molecular weight is 280 g/mol. The normalized spacial score (nSPS) is 14.9. The summed E-state index contributed by atoms with van der Waals surface area (Å²) in [5, 5.41) is 12.6. The molecular weight excluding hydrogens is 262 g/mol. The van der Waals surface area contributed by atoms with Crippen LogP contribution in [0.5, 0.6) is 5.75 Å². The monoisotopic (exact) mass is 279 g/mol. The molecule has 0 bridgehead atoms. The van der Waals surface area contributed by atoms with Crippen molar-refractivity contribution in [2.45, 2.75) is 32.1 Å². The van der Waals surface area contributed by atoms with Crippen LogP contribution in [0.4, 0.5) is 0 Å². The maximum atomic E-state index is 11.9. The highest BCUT2D eigenvalue weighted by Crippen LogP contribution is 2.22. The molecule has 1 aliphatic rings. The molecule has 0 heterocycles. The SMILES string of the molecule is O=C(NCCC1=CCCCC1)c1cc(O)ccc1Cl. The third-order valence-electron chi connectivity index (χ3n) is 3.31. The number of aromatic hydroxyl groups is 1. The highest BCUT2D eigenvalue weighted by Gasteiger charge is 2.11. The molecule has 102 valence electrons. The maximum absolute atomic E-state index is 11.9. The summed E-state index contributed by atoms with van der Waals surface area (Å²) in [5.74, 6) is -0.193. The molecule has 0 aliphatic heterocycles. The predicted octanol–water partition coefficient (Wildman–Crippen LogP) is 3.67. The van der Waals surface area contributed by atoms with E-state index in [1.165, 1.54) is 36.6 Å². The zero-order valence-electron chi connectivity index (χ0n) is 10.8. The minimum atomic E-state index is -0.239. The summed E-state index contributed by atoms with van der Waals surface area (Å²) in [7, 11) is 0. The van der Waals surface area contributed by atoms with Gasteiger partial charge in [0, 0.05) is 6.54 Å². The molecule has 3 nitrogen and oxygen atoms in total. The van der Waals surface area contributed by atoms with Gasteiger partial charge in [-0.1, -0.05) is 23.3 Å². The van der Waals surface area contributed by atoms with Gasteiger partial charge in [0.2, 0.25) is 0 Å². The van der Waals surface area contributed by atoms with Gasteiger partial charge in [-0.05, 0) is 50.3 Å². The Morgan fingerprint density at radius 1 is 1.37 bits per heavy atom. The summed E-state index contributed by atoms with van der Waals surface area (Å²) < 4.78 is 0. The Kier molecular flexibility index (Phi) is 4.86. The van der Waals surface area contributed by atoms with E-state index in [1.54, 1.807) is 0 Å². The second-order valence-electron chi connectivity index (χ2n) is 4.78. The Balaban J connectivity index is 1.87. The third kappa shape index (κ3) is 4.00. The van der Waals surface area contributed by atoms with Crippen LogP contribution in [0.2, 0.25) is 5.02 Å². The van der Waals surface area contributed by atoms with Crippen molar-refractivity contribution in [3.05, 3.63) is 40.4 Å². The molecule has 0 aromatic heterocycles. The number of halogens is 1. The lowest BCUT2D eigenvalue weighted by atomic mass is 9.97. The number of carbonyl (C=O) groups excluding carboxylic acids is 1. The number of hydrogen-bond acceptors (Lipinski definition) is 2. The molecule has 1 amide bonds. The highest BCUT2D eigenvalue weighted by molar-refractivity contribution is 6.33. The van der Waals surface area contributed by atoms with Gasteiger partial charge < -0.3 is 10.4 Å². The van der Waals surface area contributed by atoms with Gasteiger partial charge in [-0.15, -0.1) is 0 Å². The minimum absolute atomic E-state index is 0.0459. The van der Waals surface area contributed by atoms with Crippen molar-refractivity contribution in [3.63, 3.8) is 0 Å². The van der Waals surface area contributed by atoms with Crippen molar-refractivity contribution < 1.29 is 9.90 Å². The van der Waals surface area contributed by atoms with E-state index in [0.717, 1.165) is 19.3 Å². The molecule has 0 spiro atoms. The number of nitrogens with one attached hydrogen (secondary N) is 1. The number of hydrogen-bond donors (Lipinski definition) is 2. The minimum Gasteiger partial charge on any atom is -0.508 e. The lowest BCUT2D eigenvalue weighted by Crippen LogP contribution is -2.25. The molecule has 1 aliphatic carbocycles. The van der Waals surface area contributed by atoms with Crippen LogP contribution in [0.3, 0.4) is 0 Å². The molecule has 0 saturated heterocycles. The maximum Gasteiger partial charge on any atom is 0.252 e. The number of phenolic OH excluding ortho intramolecular Hbond substituents is 1. The quantitative estimate of drug-likeness (QED) is 0.826. The van der Waals surface area contributed by atoms with Gasteiger partial charge >= 0.3 is 0 Å². The molecule has 0 atom stereocenters. The average Bonchev–Trinajstić information content (AvgIpc) is 2.42. The zero-order chi connectivity index (χ0) is 13.7. The topological polar surface area (TPSA) is 49.3 Å². The Bertz CT molecular complexity index is 497.